The number of thioether (sulfide) groups is 1. The Labute approximate surface area is 197 Å². The van der Waals surface area contributed by atoms with Gasteiger partial charge in [0.1, 0.15) is 4.21 Å². The smallest absolute Gasteiger partial charge is 0.252 e. The molecule has 2 aliphatic rings. The van der Waals surface area contributed by atoms with Crippen LogP contribution in [0.3, 0.4) is 0 Å². The third-order valence-corrected chi connectivity index (χ3v) is 10.4. The molecule has 1 N–H and O–H groups in total. The summed E-state index contributed by atoms with van der Waals surface area (Å²) in [6.07, 6.45) is 0.137. The van der Waals surface area contributed by atoms with E-state index in [9.17, 15) is 18.0 Å². The molecule has 10 heteroatoms. The van der Waals surface area contributed by atoms with Gasteiger partial charge < -0.3 is 10.2 Å². The Morgan fingerprint density at radius 3 is 2.50 bits per heavy atom. The van der Waals surface area contributed by atoms with E-state index >= 15 is 0 Å². The molecule has 1 atom stereocenters. The first kappa shape index (κ1) is 23.3. The number of rotatable bonds is 5. The summed E-state index contributed by atoms with van der Waals surface area (Å²) in [6.45, 7) is 7.13. The molecule has 0 saturated carbocycles. The number of thiophene rings is 1. The van der Waals surface area contributed by atoms with Crippen molar-refractivity contribution in [2.24, 2.45) is 5.92 Å². The van der Waals surface area contributed by atoms with Crippen LogP contribution in [0.25, 0.3) is 0 Å². The van der Waals surface area contributed by atoms with E-state index in [4.69, 9.17) is 0 Å². The van der Waals surface area contributed by atoms with Crippen molar-refractivity contribution in [2.45, 2.75) is 31.4 Å². The normalized spacial score (nSPS) is 20.0. The van der Waals surface area contributed by atoms with Gasteiger partial charge in [0.25, 0.3) is 10.0 Å². The van der Waals surface area contributed by atoms with E-state index < -0.39 is 15.9 Å². The van der Waals surface area contributed by atoms with Gasteiger partial charge in [-0.25, -0.2) is 8.42 Å². The Hall–Kier alpha value is -1.88. The number of hydrogen-bond donors (Lipinski definition) is 1. The van der Waals surface area contributed by atoms with E-state index in [1.165, 1.54) is 15.6 Å². The van der Waals surface area contributed by atoms with Crippen LogP contribution in [0.15, 0.2) is 28.5 Å². The highest BCUT2D eigenvalue weighted by Gasteiger charge is 2.36. The summed E-state index contributed by atoms with van der Waals surface area (Å²) < 4.78 is 27.7. The van der Waals surface area contributed by atoms with E-state index in [0.29, 0.717) is 25.3 Å². The molecule has 1 aromatic heterocycles. The van der Waals surface area contributed by atoms with Gasteiger partial charge in [0, 0.05) is 48.1 Å². The van der Waals surface area contributed by atoms with E-state index in [1.54, 1.807) is 29.7 Å². The minimum Gasteiger partial charge on any atom is -0.325 e. The molecule has 0 unspecified atom stereocenters. The molecule has 0 radical (unpaired) electrons. The maximum absolute atomic E-state index is 13.0. The van der Waals surface area contributed by atoms with Crippen LogP contribution in [-0.2, 0) is 19.6 Å². The lowest BCUT2D eigenvalue weighted by Crippen LogP contribution is -2.37. The first-order valence-corrected chi connectivity index (χ1v) is 13.9. The second kappa shape index (κ2) is 9.17. The standard InChI is InChI=1S/C22H27N3O4S3/c1-14-4-5-18(10-15(14)2)25-13-17(11-20(25)26)22(27)23-19-12-21(31-16(19)3)32(28,29)24-6-8-30-9-7-24/h4-5,10,12,17H,6-9,11,13H2,1-3H3,(H,23,27)/t17-/m1/s1. The zero-order valence-corrected chi connectivity index (χ0v) is 20.8. The Morgan fingerprint density at radius 1 is 1.09 bits per heavy atom. The quantitative estimate of drug-likeness (QED) is 0.690. The average Bonchev–Trinajstić information content (AvgIpc) is 3.34. The fraction of sp³-hybridized carbons (Fsp3) is 0.455. The molecule has 2 saturated heterocycles. The van der Waals surface area contributed by atoms with Gasteiger partial charge in [-0.15, -0.1) is 11.3 Å². The summed E-state index contributed by atoms with van der Waals surface area (Å²) in [5.41, 5.74) is 3.55. The van der Waals surface area contributed by atoms with Gasteiger partial charge in [0.15, 0.2) is 0 Å². The van der Waals surface area contributed by atoms with Crippen LogP contribution in [-0.4, -0.2) is 55.7 Å². The van der Waals surface area contributed by atoms with Gasteiger partial charge in [-0.05, 0) is 50.1 Å². The van der Waals surface area contributed by atoms with Crippen LogP contribution in [0.2, 0.25) is 0 Å². The van der Waals surface area contributed by atoms with Gasteiger partial charge in [-0.3, -0.25) is 9.59 Å². The Morgan fingerprint density at radius 2 is 1.81 bits per heavy atom. The molecule has 1 aromatic carbocycles. The zero-order valence-electron chi connectivity index (χ0n) is 18.4. The highest BCUT2D eigenvalue weighted by atomic mass is 32.2. The van der Waals surface area contributed by atoms with Crippen LogP contribution < -0.4 is 10.2 Å². The van der Waals surface area contributed by atoms with E-state index in [0.717, 1.165) is 33.2 Å². The number of benzene rings is 1. The summed E-state index contributed by atoms with van der Waals surface area (Å²) in [6, 6.07) is 7.39. The lowest BCUT2D eigenvalue weighted by atomic mass is 10.1. The van der Waals surface area contributed by atoms with Gasteiger partial charge >= 0.3 is 0 Å². The molecule has 2 aliphatic heterocycles. The maximum Gasteiger partial charge on any atom is 0.252 e. The number of aryl methyl sites for hydroxylation is 3. The summed E-state index contributed by atoms with van der Waals surface area (Å²) in [5, 5.41) is 2.87. The van der Waals surface area contributed by atoms with E-state index in [1.807, 2.05) is 32.0 Å². The number of anilines is 2. The van der Waals surface area contributed by atoms with Crippen molar-refractivity contribution in [3.63, 3.8) is 0 Å². The SMILES string of the molecule is Cc1ccc(N2C[C@H](C(=O)Nc3cc(S(=O)(=O)N4CCSCC4)sc3C)CC2=O)cc1C. The second-order valence-corrected chi connectivity index (χ2v) is 12.9. The Balaban J connectivity index is 1.46. The second-order valence-electron chi connectivity index (χ2n) is 8.21. The van der Waals surface area contributed by atoms with Crippen molar-refractivity contribution < 1.29 is 18.0 Å². The highest BCUT2D eigenvalue weighted by molar-refractivity contribution is 7.99. The number of nitrogens with one attached hydrogen (secondary N) is 1. The number of carbonyl (C=O) groups excluding carboxylic acids is 2. The van der Waals surface area contributed by atoms with Crippen molar-refractivity contribution in [2.75, 3.05) is 41.4 Å². The number of hydrogen-bond acceptors (Lipinski definition) is 6. The van der Waals surface area contributed by atoms with Crippen LogP contribution in [0.4, 0.5) is 11.4 Å². The minimum absolute atomic E-state index is 0.0818. The predicted octanol–water partition coefficient (Wildman–Crippen LogP) is 3.40. The Kier molecular flexibility index (Phi) is 6.67. The molecular formula is C22H27N3O4S3. The zero-order chi connectivity index (χ0) is 23.0. The predicted molar refractivity (Wildman–Crippen MR) is 130 cm³/mol. The van der Waals surface area contributed by atoms with Crippen molar-refractivity contribution in [3.8, 4) is 0 Å². The molecule has 0 spiro atoms. The van der Waals surface area contributed by atoms with Crippen LogP contribution in [0, 0.1) is 26.7 Å². The third-order valence-electron chi connectivity index (χ3n) is 6.02. The average molecular weight is 494 g/mol. The molecule has 4 rings (SSSR count). The fourth-order valence-corrected chi connectivity index (χ4v) is 8.01. The molecular weight excluding hydrogens is 466 g/mol. The molecule has 7 nitrogen and oxygen atoms in total. The topological polar surface area (TPSA) is 86.8 Å². The molecule has 0 aliphatic carbocycles. The van der Waals surface area contributed by atoms with Crippen LogP contribution in [0.1, 0.15) is 22.4 Å². The maximum atomic E-state index is 13.0. The molecule has 2 amide bonds. The van der Waals surface area contributed by atoms with Crippen LogP contribution in [0.5, 0.6) is 0 Å². The van der Waals surface area contributed by atoms with Gasteiger partial charge in [-0.1, -0.05) is 6.07 Å². The fourth-order valence-electron chi connectivity index (χ4n) is 3.88. The molecule has 2 fully saturated rings. The number of amides is 2. The van der Waals surface area contributed by atoms with Gasteiger partial charge in [-0.2, -0.15) is 16.1 Å². The number of sulfonamides is 1. The molecule has 0 bridgehead atoms. The van der Waals surface area contributed by atoms with Crippen molar-refractivity contribution in [3.05, 3.63) is 40.3 Å². The van der Waals surface area contributed by atoms with Gasteiger partial charge in [0.2, 0.25) is 11.8 Å². The van der Waals surface area contributed by atoms with Crippen molar-refractivity contribution in [1.82, 2.24) is 4.31 Å². The van der Waals surface area contributed by atoms with Crippen LogP contribution >= 0.6 is 23.1 Å². The third kappa shape index (κ3) is 4.59. The van der Waals surface area contributed by atoms with Gasteiger partial charge in [0.05, 0.1) is 11.6 Å². The first-order chi connectivity index (χ1) is 15.2. The largest absolute Gasteiger partial charge is 0.325 e. The summed E-state index contributed by atoms with van der Waals surface area (Å²) in [4.78, 5) is 27.9. The summed E-state index contributed by atoms with van der Waals surface area (Å²) in [7, 11) is -3.55. The molecule has 172 valence electrons. The van der Waals surface area contributed by atoms with E-state index in [-0.39, 0.29) is 22.4 Å². The number of nitrogens with zero attached hydrogens (tertiary/aromatic N) is 2. The minimum atomic E-state index is -3.55. The Bertz CT molecular complexity index is 1150. The summed E-state index contributed by atoms with van der Waals surface area (Å²) in [5.74, 6) is 0.757. The lowest BCUT2D eigenvalue weighted by Gasteiger charge is -2.24. The first-order valence-electron chi connectivity index (χ1n) is 10.5. The lowest BCUT2D eigenvalue weighted by molar-refractivity contribution is -0.122. The monoisotopic (exact) mass is 493 g/mol. The highest BCUT2D eigenvalue weighted by Crippen LogP contribution is 2.34. The molecule has 3 heterocycles. The molecule has 32 heavy (non-hydrogen) atoms. The van der Waals surface area contributed by atoms with Crippen molar-refractivity contribution >= 4 is 56.3 Å². The summed E-state index contributed by atoms with van der Waals surface area (Å²) >= 11 is 2.92. The number of carbonyl (C=O) groups is 2. The van der Waals surface area contributed by atoms with E-state index in [2.05, 4.69) is 5.32 Å². The molecule has 2 aromatic rings. The van der Waals surface area contributed by atoms with Crippen molar-refractivity contribution in [1.29, 1.82) is 0 Å².